The molecule has 0 bridgehead atoms. The molecule has 0 aromatic heterocycles. The number of rotatable bonds is 3. The smallest absolute Gasteiger partial charge is 0.323 e. The van der Waals surface area contributed by atoms with Crippen molar-refractivity contribution in [3.05, 3.63) is 70.7 Å². The fourth-order valence-electron chi connectivity index (χ4n) is 3.39. The van der Waals surface area contributed by atoms with Gasteiger partial charge in [-0.25, -0.2) is 0 Å². The molecule has 0 amide bonds. The van der Waals surface area contributed by atoms with Crippen LogP contribution in [-0.2, 0) is 9.53 Å². The van der Waals surface area contributed by atoms with E-state index in [1.807, 2.05) is 63.2 Å². The zero-order valence-electron chi connectivity index (χ0n) is 14.8. The maximum atomic E-state index is 12.6. The van der Waals surface area contributed by atoms with Gasteiger partial charge in [0.05, 0.1) is 0 Å². The van der Waals surface area contributed by atoms with Crippen LogP contribution in [0.4, 0.5) is 0 Å². The van der Waals surface area contributed by atoms with E-state index >= 15 is 0 Å². The standard InChI is InChI=1S/C21H24ClNO2/c1-21(2,3)25-20(24)18-13-16(14-9-5-4-6-10-14)19(23-18)15-11-7-8-12-17(15)22/h4-12,16,18-19,23H,13H2,1-3H3/t16-,18+,19+/m1/s1. The number of hydrogen-bond acceptors (Lipinski definition) is 3. The highest BCUT2D eigenvalue weighted by Gasteiger charge is 2.41. The van der Waals surface area contributed by atoms with Gasteiger partial charge in [0.1, 0.15) is 11.6 Å². The van der Waals surface area contributed by atoms with E-state index in [4.69, 9.17) is 16.3 Å². The minimum atomic E-state index is -0.497. The fraction of sp³-hybridized carbons (Fsp3) is 0.381. The summed E-state index contributed by atoms with van der Waals surface area (Å²) in [5, 5.41) is 4.17. The lowest BCUT2D eigenvalue weighted by Gasteiger charge is -2.23. The third-order valence-corrected chi connectivity index (χ3v) is 4.78. The van der Waals surface area contributed by atoms with Crippen molar-refractivity contribution < 1.29 is 9.53 Å². The molecule has 1 N–H and O–H groups in total. The van der Waals surface area contributed by atoms with Crippen molar-refractivity contribution >= 4 is 17.6 Å². The number of nitrogens with one attached hydrogen (secondary N) is 1. The summed E-state index contributed by atoms with van der Waals surface area (Å²) in [5.74, 6) is -0.0402. The molecule has 1 aliphatic heterocycles. The van der Waals surface area contributed by atoms with Crippen molar-refractivity contribution in [2.75, 3.05) is 0 Å². The van der Waals surface area contributed by atoms with E-state index in [1.54, 1.807) is 0 Å². The monoisotopic (exact) mass is 357 g/mol. The first kappa shape index (κ1) is 18.0. The number of halogens is 1. The Morgan fingerprint density at radius 1 is 1.08 bits per heavy atom. The first-order valence-corrected chi connectivity index (χ1v) is 9.01. The van der Waals surface area contributed by atoms with Crippen molar-refractivity contribution in [2.24, 2.45) is 0 Å². The lowest BCUT2D eigenvalue weighted by Crippen LogP contribution is -2.38. The molecule has 0 unspecified atom stereocenters. The lowest BCUT2D eigenvalue weighted by molar-refractivity contribution is -0.157. The summed E-state index contributed by atoms with van der Waals surface area (Å²) in [7, 11) is 0. The molecule has 132 valence electrons. The number of benzene rings is 2. The highest BCUT2D eigenvalue weighted by atomic mass is 35.5. The molecule has 1 aliphatic rings. The second-order valence-corrected chi connectivity index (χ2v) is 7.91. The molecule has 0 spiro atoms. The number of esters is 1. The van der Waals surface area contributed by atoms with E-state index in [0.29, 0.717) is 11.4 Å². The molecule has 1 saturated heterocycles. The van der Waals surface area contributed by atoms with Gasteiger partial charge in [0.15, 0.2) is 0 Å². The molecule has 2 aromatic carbocycles. The van der Waals surface area contributed by atoms with E-state index in [9.17, 15) is 4.79 Å². The summed E-state index contributed by atoms with van der Waals surface area (Å²) in [5.41, 5.74) is 1.72. The Morgan fingerprint density at radius 2 is 1.72 bits per heavy atom. The van der Waals surface area contributed by atoms with Gasteiger partial charge in [-0.1, -0.05) is 60.1 Å². The van der Waals surface area contributed by atoms with Crippen LogP contribution in [0, 0.1) is 0 Å². The van der Waals surface area contributed by atoms with Crippen LogP contribution in [0.3, 0.4) is 0 Å². The van der Waals surface area contributed by atoms with Crippen LogP contribution in [0.2, 0.25) is 5.02 Å². The molecule has 0 aliphatic carbocycles. The molecule has 3 rings (SSSR count). The Labute approximate surface area is 154 Å². The number of carbonyl (C=O) groups excluding carboxylic acids is 1. The summed E-state index contributed by atoms with van der Waals surface area (Å²) in [6.07, 6.45) is 0.689. The molecule has 4 heteroatoms. The van der Waals surface area contributed by atoms with Crippen LogP contribution < -0.4 is 5.32 Å². The molecule has 3 atom stereocenters. The molecule has 0 saturated carbocycles. The first-order valence-electron chi connectivity index (χ1n) is 8.63. The third-order valence-electron chi connectivity index (χ3n) is 4.43. The van der Waals surface area contributed by atoms with Crippen molar-refractivity contribution in [1.82, 2.24) is 5.32 Å². The van der Waals surface area contributed by atoms with Crippen LogP contribution in [0.1, 0.15) is 50.3 Å². The Bertz CT molecular complexity index is 739. The maximum absolute atomic E-state index is 12.6. The van der Waals surface area contributed by atoms with Gasteiger partial charge >= 0.3 is 5.97 Å². The molecule has 2 aromatic rings. The largest absolute Gasteiger partial charge is 0.459 e. The van der Waals surface area contributed by atoms with Crippen LogP contribution in [-0.4, -0.2) is 17.6 Å². The maximum Gasteiger partial charge on any atom is 0.323 e. The molecular weight excluding hydrogens is 334 g/mol. The van der Waals surface area contributed by atoms with E-state index in [-0.39, 0.29) is 24.0 Å². The Hall–Kier alpha value is -1.84. The van der Waals surface area contributed by atoms with Crippen LogP contribution in [0.5, 0.6) is 0 Å². The molecule has 1 fully saturated rings. The Morgan fingerprint density at radius 3 is 2.36 bits per heavy atom. The number of carbonyl (C=O) groups is 1. The second-order valence-electron chi connectivity index (χ2n) is 7.50. The third kappa shape index (κ3) is 4.23. The first-order chi connectivity index (χ1) is 11.8. The molecule has 3 nitrogen and oxygen atoms in total. The molecule has 0 radical (unpaired) electrons. The summed E-state index contributed by atoms with van der Waals surface area (Å²) in [6, 6.07) is 17.7. The number of ether oxygens (including phenoxy) is 1. The van der Waals surface area contributed by atoms with Gasteiger partial charge in [-0.2, -0.15) is 0 Å². The van der Waals surface area contributed by atoms with Gasteiger partial charge in [0.25, 0.3) is 0 Å². The minimum absolute atomic E-state index is 0.0198. The molecule has 25 heavy (non-hydrogen) atoms. The lowest BCUT2D eigenvalue weighted by atomic mass is 9.87. The minimum Gasteiger partial charge on any atom is -0.459 e. The zero-order chi connectivity index (χ0) is 18.0. The van der Waals surface area contributed by atoms with Crippen molar-refractivity contribution in [3.63, 3.8) is 0 Å². The predicted octanol–water partition coefficient (Wildman–Crippen LogP) is 4.87. The van der Waals surface area contributed by atoms with Gasteiger partial charge < -0.3 is 4.74 Å². The second kappa shape index (κ2) is 7.19. The topological polar surface area (TPSA) is 38.3 Å². The van der Waals surface area contributed by atoms with Gasteiger partial charge in [0, 0.05) is 17.0 Å². The van der Waals surface area contributed by atoms with Gasteiger partial charge in [0.2, 0.25) is 0 Å². The van der Waals surface area contributed by atoms with E-state index < -0.39 is 5.60 Å². The quantitative estimate of drug-likeness (QED) is 0.796. The average Bonchev–Trinajstić information content (AvgIpc) is 3.00. The van der Waals surface area contributed by atoms with Gasteiger partial charge in [-0.15, -0.1) is 0 Å². The van der Waals surface area contributed by atoms with Crippen molar-refractivity contribution in [1.29, 1.82) is 0 Å². The molecular formula is C21H24ClNO2. The summed E-state index contributed by atoms with van der Waals surface area (Å²) < 4.78 is 5.59. The highest BCUT2D eigenvalue weighted by molar-refractivity contribution is 6.31. The van der Waals surface area contributed by atoms with Gasteiger partial charge in [-0.05, 0) is 44.4 Å². The normalized spacial score (nSPS) is 23.4. The van der Waals surface area contributed by atoms with Crippen LogP contribution in [0.25, 0.3) is 0 Å². The Kier molecular flexibility index (Phi) is 5.16. The predicted molar refractivity (Wildman–Crippen MR) is 101 cm³/mol. The van der Waals surface area contributed by atoms with Crippen molar-refractivity contribution in [3.8, 4) is 0 Å². The summed E-state index contributed by atoms with van der Waals surface area (Å²) in [4.78, 5) is 12.6. The zero-order valence-corrected chi connectivity index (χ0v) is 15.6. The van der Waals surface area contributed by atoms with Crippen LogP contribution >= 0.6 is 11.6 Å². The van der Waals surface area contributed by atoms with E-state index in [0.717, 1.165) is 5.56 Å². The molecule has 1 heterocycles. The van der Waals surface area contributed by atoms with Crippen molar-refractivity contribution in [2.45, 2.75) is 50.8 Å². The van der Waals surface area contributed by atoms with Crippen LogP contribution in [0.15, 0.2) is 54.6 Å². The highest BCUT2D eigenvalue weighted by Crippen LogP contribution is 2.42. The van der Waals surface area contributed by atoms with E-state index in [2.05, 4.69) is 17.4 Å². The average molecular weight is 358 g/mol. The fourth-order valence-corrected chi connectivity index (χ4v) is 3.64. The Balaban J connectivity index is 1.91. The van der Waals surface area contributed by atoms with E-state index in [1.165, 1.54) is 5.56 Å². The number of hydrogen-bond donors (Lipinski definition) is 1. The van der Waals surface area contributed by atoms with Gasteiger partial charge in [-0.3, -0.25) is 10.1 Å². The SMILES string of the molecule is CC(C)(C)OC(=O)[C@@H]1C[C@H](c2ccccc2)[C@H](c2ccccc2Cl)N1. The summed E-state index contributed by atoms with van der Waals surface area (Å²) >= 11 is 6.43. The summed E-state index contributed by atoms with van der Waals surface area (Å²) in [6.45, 7) is 5.67.